The highest BCUT2D eigenvalue weighted by Crippen LogP contribution is 2.28. The summed E-state index contributed by atoms with van der Waals surface area (Å²) in [6.45, 7) is 9.58. The number of nitrogens with zero attached hydrogens (tertiary/aromatic N) is 4. The predicted molar refractivity (Wildman–Crippen MR) is 135 cm³/mol. The standard InChI is InChI=1S/C20H29ClN6S.HI/c1-14-19(28-15(2)25-14)13-24-20(22-3)23-12-16-17(21)6-5-7-18(16)27-10-8-26(4)9-11-27;/h5-7H,8-13H2,1-4H3,(H2,22,23,24);1H. The number of benzene rings is 1. The third kappa shape index (κ3) is 6.44. The summed E-state index contributed by atoms with van der Waals surface area (Å²) >= 11 is 8.27. The first-order valence-electron chi connectivity index (χ1n) is 9.56. The molecule has 1 aliphatic heterocycles. The second-order valence-corrected chi connectivity index (χ2v) is 8.74. The molecule has 3 rings (SSSR count). The second-order valence-electron chi connectivity index (χ2n) is 7.05. The predicted octanol–water partition coefficient (Wildman–Crippen LogP) is 3.65. The fourth-order valence-electron chi connectivity index (χ4n) is 3.36. The molecule has 0 atom stereocenters. The first-order valence-corrected chi connectivity index (χ1v) is 10.8. The molecule has 1 fully saturated rings. The van der Waals surface area contributed by atoms with Gasteiger partial charge in [-0.1, -0.05) is 17.7 Å². The zero-order valence-electron chi connectivity index (χ0n) is 17.5. The Kier molecular flexibility index (Phi) is 9.45. The number of aromatic nitrogens is 1. The Morgan fingerprint density at radius 3 is 2.48 bits per heavy atom. The Morgan fingerprint density at radius 2 is 1.86 bits per heavy atom. The quantitative estimate of drug-likeness (QED) is 0.339. The van der Waals surface area contributed by atoms with E-state index in [0.717, 1.165) is 53.4 Å². The van der Waals surface area contributed by atoms with E-state index in [1.807, 2.05) is 26.0 Å². The van der Waals surface area contributed by atoms with Crippen LogP contribution in [0.1, 0.15) is 21.1 Å². The van der Waals surface area contributed by atoms with Crippen LogP contribution in [-0.4, -0.2) is 56.1 Å². The zero-order valence-corrected chi connectivity index (χ0v) is 21.4. The van der Waals surface area contributed by atoms with Crippen molar-refractivity contribution in [1.29, 1.82) is 0 Å². The highest BCUT2D eigenvalue weighted by Gasteiger charge is 2.18. The summed E-state index contributed by atoms with van der Waals surface area (Å²) in [7, 11) is 3.95. The summed E-state index contributed by atoms with van der Waals surface area (Å²) < 4.78 is 0. The van der Waals surface area contributed by atoms with Gasteiger partial charge in [0.05, 0.1) is 17.2 Å². The van der Waals surface area contributed by atoms with E-state index >= 15 is 0 Å². The summed E-state index contributed by atoms with van der Waals surface area (Å²) in [4.78, 5) is 14.8. The molecule has 2 heterocycles. The van der Waals surface area contributed by atoms with Crippen molar-refractivity contribution in [1.82, 2.24) is 20.5 Å². The molecule has 9 heteroatoms. The van der Waals surface area contributed by atoms with Crippen molar-refractivity contribution < 1.29 is 0 Å². The fraction of sp³-hybridized carbons (Fsp3) is 0.500. The SMILES string of the molecule is CN=C(NCc1sc(C)nc1C)NCc1c(Cl)cccc1N1CCN(C)CC1.I. The van der Waals surface area contributed by atoms with Gasteiger partial charge in [0, 0.05) is 60.9 Å². The number of halogens is 2. The maximum Gasteiger partial charge on any atom is 0.191 e. The first kappa shape index (κ1) is 24.2. The van der Waals surface area contributed by atoms with Crippen LogP contribution in [0.3, 0.4) is 0 Å². The van der Waals surface area contributed by atoms with Crippen LogP contribution in [0.2, 0.25) is 5.02 Å². The molecule has 0 aliphatic carbocycles. The van der Waals surface area contributed by atoms with Crippen LogP contribution >= 0.6 is 46.9 Å². The molecule has 1 saturated heterocycles. The molecule has 0 radical (unpaired) electrons. The van der Waals surface area contributed by atoms with Gasteiger partial charge in [-0.15, -0.1) is 35.3 Å². The number of anilines is 1. The summed E-state index contributed by atoms with van der Waals surface area (Å²) in [5.41, 5.74) is 3.40. The van der Waals surface area contributed by atoms with Crippen LogP contribution in [0.15, 0.2) is 23.2 Å². The summed E-state index contributed by atoms with van der Waals surface area (Å²) in [6.07, 6.45) is 0. The topological polar surface area (TPSA) is 55.8 Å². The van der Waals surface area contributed by atoms with Crippen LogP contribution in [-0.2, 0) is 13.1 Å². The van der Waals surface area contributed by atoms with Gasteiger partial charge in [0.2, 0.25) is 0 Å². The van der Waals surface area contributed by atoms with Gasteiger partial charge in [-0.25, -0.2) is 4.98 Å². The van der Waals surface area contributed by atoms with Crippen LogP contribution < -0.4 is 15.5 Å². The molecule has 2 aromatic rings. The number of nitrogens with one attached hydrogen (secondary N) is 2. The van der Waals surface area contributed by atoms with Crippen LogP contribution in [0, 0.1) is 13.8 Å². The molecule has 0 bridgehead atoms. The lowest BCUT2D eigenvalue weighted by Crippen LogP contribution is -2.45. The van der Waals surface area contributed by atoms with E-state index in [1.165, 1.54) is 10.6 Å². The lowest BCUT2D eigenvalue weighted by molar-refractivity contribution is 0.312. The number of piperazine rings is 1. The van der Waals surface area contributed by atoms with E-state index in [9.17, 15) is 0 Å². The van der Waals surface area contributed by atoms with Crippen molar-refractivity contribution in [2.24, 2.45) is 4.99 Å². The van der Waals surface area contributed by atoms with E-state index in [1.54, 1.807) is 18.4 Å². The highest BCUT2D eigenvalue weighted by atomic mass is 127. The molecule has 0 saturated carbocycles. The minimum Gasteiger partial charge on any atom is -0.369 e. The number of guanidine groups is 1. The van der Waals surface area contributed by atoms with Crippen molar-refractivity contribution in [2.45, 2.75) is 26.9 Å². The average Bonchev–Trinajstić information content (AvgIpc) is 3.00. The number of aliphatic imine (C=N–C) groups is 1. The molecule has 160 valence electrons. The molecule has 1 aromatic heterocycles. The second kappa shape index (κ2) is 11.3. The molecule has 1 aliphatic rings. The smallest absolute Gasteiger partial charge is 0.191 e. The molecular formula is C20H30ClIN6S. The number of hydrogen-bond donors (Lipinski definition) is 2. The number of thiazole rings is 1. The Labute approximate surface area is 199 Å². The van der Waals surface area contributed by atoms with Crippen LogP contribution in [0.25, 0.3) is 0 Å². The minimum atomic E-state index is 0. The third-order valence-electron chi connectivity index (χ3n) is 5.01. The van der Waals surface area contributed by atoms with Gasteiger partial charge in [-0.3, -0.25) is 4.99 Å². The van der Waals surface area contributed by atoms with E-state index < -0.39 is 0 Å². The van der Waals surface area contributed by atoms with Gasteiger partial charge in [-0.05, 0) is 33.0 Å². The lowest BCUT2D eigenvalue weighted by Gasteiger charge is -2.35. The van der Waals surface area contributed by atoms with E-state index in [2.05, 4.69) is 43.5 Å². The maximum atomic E-state index is 6.56. The number of rotatable bonds is 5. The molecule has 0 unspecified atom stereocenters. The minimum absolute atomic E-state index is 0. The normalized spacial score (nSPS) is 15.2. The Bertz CT molecular complexity index is 832. The molecular weight excluding hydrogens is 519 g/mol. The highest BCUT2D eigenvalue weighted by molar-refractivity contribution is 14.0. The monoisotopic (exact) mass is 548 g/mol. The van der Waals surface area contributed by atoms with Crippen LogP contribution in [0.5, 0.6) is 0 Å². The van der Waals surface area contributed by atoms with Gasteiger partial charge in [0.1, 0.15) is 0 Å². The van der Waals surface area contributed by atoms with Crippen LogP contribution in [0.4, 0.5) is 5.69 Å². The Hall–Kier alpha value is -1.10. The van der Waals surface area contributed by atoms with E-state index in [-0.39, 0.29) is 24.0 Å². The van der Waals surface area contributed by atoms with E-state index in [4.69, 9.17) is 11.6 Å². The van der Waals surface area contributed by atoms with Gasteiger partial charge < -0.3 is 20.4 Å². The number of hydrogen-bond acceptors (Lipinski definition) is 5. The summed E-state index contributed by atoms with van der Waals surface area (Å²) in [6, 6.07) is 6.15. The van der Waals surface area contributed by atoms with Crippen molar-refractivity contribution >= 4 is 58.6 Å². The van der Waals surface area contributed by atoms with Crippen molar-refractivity contribution in [3.8, 4) is 0 Å². The zero-order chi connectivity index (χ0) is 20.1. The number of likely N-dealkylation sites (N-methyl/N-ethyl adjacent to an activating group) is 1. The average molecular weight is 549 g/mol. The summed E-state index contributed by atoms with van der Waals surface area (Å²) in [5.74, 6) is 0.759. The maximum absolute atomic E-state index is 6.56. The van der Waals surface area contributed by atoms with Crippen molar-refractivity contribution in [2.75, 3.05) is 45.2 Å². The first-order chi connectivity index (χ1) is 13.5. The molecule has 2 N–H and O–H groups in total. The van der Waals surface area contributed by atoms with Gasteiger partial charge in [0.25, 0.3) is 0 Å². The molecule has 0 spiro atoms. The molecule has 1 aromatic carbocycles. The van der Waals surface area contributed by atoms with Gasteiger partial charge >= 0.3 is 0 Å². The molecule has 6 nitrogen and oxygen atoms in total. The van der Waals surface area contributed by atoms with Gasteiger partial charge in [0.15, 0.2) is 5.96 Å². The largest absolute Gasteiger partial charge is 0.369 e. The Morgan fingerprint density at radius 1 is 1.17 bits per heavy atom. The Balaban J connectivity index is 0.00000300. The molecule has 29 heavy (non-hydrogen) atoms. The fourth-order valence-corrected chi connectivity index (χ4v) is 4.47. The van der Waals surface area contributed by atoms with E-state index in [0.29, 0.717) is 13.1 Å². The third-order valence-corrected chi connectivity index (χ3v) is 6.44. The molecule has 0 amide bonds. The lowest BCUT2D eigenvalue weighted by atomic mass is 10.1. The number of aryl methyl sites for hydroxylation is 2. The van der Waals surface area contributed by atoms with Crippen molar-refractivity contribution in [3.63, 3.8) is 0 Å². The van der Waals surface area contributed by atoms with Gasteiger partial charge in [-0.2, -0.15) is 0 Å². The summed E-state index contributed by atoms with van der Waals surface area (Å²) in [5, 5.41) is 8.67. The van der Waals surface area contributed by atoms with Crippen molar-refractivity contribution in [3.05, 3.63) is 44.4 Å².